The number of benzene rings is 2. The fraction of sp³-hybridized carbons (Fsp3) is 0.400. The van der Waals surface area contributed by atoms with Crippen LogP contribution in [0.5, 0.6) is 0 Å². The number of hydrogen-bond acceptors (Lipinski definition) is 3. The van der Waals surface area contributed by atoms with Crippen molar-refractivity contribution >= 4 is 35.0 Å². The fourth-order valence-corrected chi connectivity index (χ4v) is 5.58. The van der Waals surface area contributed by atoms with Gasteiger partial charge in [-0.15, -0.1) is 0 Å². The molecule has 0 amide bonds. The molecule has 0 aliphatic carbocycles. The van der Waals surface area contributed by atoms with Gasteiger partial charge in [0.25, 0.3) is 0 Å². The van der Waals surface area contributed by atoms with Crippen molar-refractivity contribution in [3.05, 3.63) is 75.7 Å². The molecule has 0 spiro atoms. The van der Waals surface area contributed by atoms with E-state index in [9.17, 15) is 5.11 Å². The van der Waals surface area contributed by atoms with Crippen molar-refractivity contribution in [2.45, 2.75) is 74.9 Å². The minimum atomic E-state index is -0.0649. The van der Waals surface area contributed by atoms with Crippen molar-refractivity contribution in [2.24, 2.45) is 0 Å². The molecule has 0 unspecified atom stereocenters. The molecule has 0 radical (unpaired) electrons. The molecule has 1 heterocycles. The van der Waals surface area contributed by atoms with Crippen LogP contribution < -0.4 is 0 Å². The van der Waals surface area contributed by atoms with Gasteiger partial charge in [0.2, 0.25) is 0 Å². The highest BCUT2D eigenvalue weighted by molar-refractivity contribution is 7.99. The van der Waals surface area contributed by atoms with Crippen LogP contribution in [0.15, 0.2) is 58.5 Å². The molecule has 0 fully saturated rings. The zero-order valence-electron chi connectivity index (χ0n) is 18.2. The van der Waals surface area contributed by atoms with Crippen molar-refractivity contribution < 1.29 is 5.11 Å². The molecule has 166 valence electrons. The van der Waals surface area contributed by atoms with Gasteiger partial charge in [0.15, 0.2) is 0 Å². The molecule has 6 heteroatoms. The maximum atomic E-state index is 9.92. The number of aryl methyl sites for hydroxylation is 1. The van der Waals surface area contributed by atoms with Crippen molar-refractivity contribution in [1.29, 1.82) is 0 Å². The number of aromatic nitrogens is 2. The lowest BCUT2D eigenvalue weighted by molar-refractivity contribution is 0.263. The molecule has 3 rings (SSSR count). The molecule has 3 aromatic rings. The maximum Gasteiger partial charge on any atom is 0.135 e. The van der Waals surface area contributed by atoms with Gasteiger partial charge in [0.1, 0.15) is 17.5 Å². The normalized spacial score (nSPS) is 11.4. The Balaban J connectivity index is 1.66. The van der Waals surface area contributed by atoms with Gasteiger partial charge in [-0.3, -0.25) is 0 Å². The third-order valence-electron chi connectivity index (χ3n) is 5.20. The average Bonchev–Trinajstić information content (AvgIpc) is 3.08. The Bertz CT molecular complexity index is 953. The van der Waals surface area contributed by atoms with E-state index in [2.05, 4.69) is 48.7 Å². The molecule has 0 aliphatic heterocycles. The number of aliphatic hydroxyl groups excluding tert-OH is 1. The first-order valence-electron chi connectivity index (χ1n) is 10.9. The Kier molecular flexibility index (Phi) is 9.33. The zero-order valence-corrected chi connectivity index (χ0v) is 20.5. The van der Waals surface area contributed by atoms with Crippen LogP contribution in [-0.2, 0) is 19.6 Å². The molecule has 0 atom stereocenters. The molecule has 31 heavy (non-hydrogen) atoms. The van der Waals surface area contributed by atoms with Gasteiger partial charge in [-0.2, -0.15) is 0 Å². The van der Waals surface area contributed by atoms with Crippen LogP contribution in [0.2, 0.25) is 10.0 Å². The number of aliphatic hydroxyl groups is 1. The minimum Gasteiger partial charge on any atom is -0.388 e. The van der Waals surface area contributed by atoms with Crippen LogP contribution in [0, 0.1) is 0 Å². The highest BCUT2D eigenvalue weighted by Gasteiger charge is 2.20. The van der Waals surface area contributed by atoms with Crippen molar-refractivity contribution in [2.75, 3.05) is 0 Å². The lowest BCUT2D eigenvalue weighted by atomic mass is 10.1. The number of unbranched alkanes of at least 4 members (excludes halogenated alkanes) is 3. The Hall–Kier alpha value is -1.46. The Morgan fingerprint density at radius 3 is 2.29 bits per heavy atom. The van der Waals surface area contributed by atoms with Gasteiger partial charge in [-0.1, -0.05) is 92.0 Å². The SMILES string of the molecule is CC(C)c1nc(CO)n(CCCCCCc2ccccc2)c1Sc1cc(Cl)cc(Cl)c1. The van der Waals surface area contributed by atoms with E-state index in [0.29, 0.717) is 10.0 Å². The highest BCUT2D eigenvalue weighted by atomic mass is 35.5. The summed E-state index contributed by atoms with van der Waals surface area (Å²) in [6, 6.07) is 16.2. The number of nitrogens with zero attached hydrogens (tertiary/aromatic N) is 2. The molecule has 0 aliphatic rings. The summed E-state index contributed by atoms with van der Waals surface area (Å²) in [4.78, 5) is 5.73. The van der Waals surface area contributed by atoms with Gasteiger partial charge in [0, 0.05) is 21.5 Å². The molecular formula is C25H30Cl2N2OS. The summed E-state index contributed by atoms with van der Waals surface area (Å²) in [5, 5.41) is 12.2. The topological polar surface area (TPSA) is 38.1 Å². The van der Waals surface area contributed by atoms with E-state index in [4.69, 9.17) is 28.2 Å². The Labute approximate surface area is 199 Å². The predicted molar refractivity (Wildman–Crippen MR) is 131 cm³/mol. The minimum absolute atomic E-state index is 0.0649. The number of imidazole rings is 1. The molecule has 0 saturated carbocycles. The smallest absolute Gasteiger partial charge is 0.135 e. The molecule has 0 bridgehead atoms. The summed E-state index contributed by atoms with van der Waals surface area (Å²) < 4.78 is 2.17. The number of hydrogen-bond donors (Lipinski definition) is 1. The van der Waals surface area contributed by atoms with Crippen LogP contribution in [0.1, 0.15) is 62.5 Å². The van der Waals surface area contributed by atoms with Gasteiger partial charge in [-0.25, -0.2) is 4.98 Å². The standard InChI is InChI=1S/C25H30Cl2N2OS/c1-18(2)24-25(31-22-15-20(26)14-21(27)16-22)29(23(17-30)28-24)13-9-4-3-6-10-19-11-7-5-8-12-19/h5,7-8,11-12,14-16,18,30H,3-4,6,9-10,13,17H2,1-2H3. The monoisotopic (exact) mass is 476 g/mol. The summed E-state index contributed by atoms with van der Waals surface area (Å²) in [7, 11) is 0. The first-order valence-corrected chi connectivity index (χ1v) is 12.4. The summed E-state index contributed by atoms with van der Waals surface area (Å²) in [6.07, 6.45) is 5.73. The van der Waals surface area contributed by atoms with Crippen LogP contribution in [0.3, 0.4) is 0 Å². The zero-order chi connectivity index (χ0) is 22.2. The summed E-state index contributed by atoms with van der Waals surface area (Å²) in [5.41, 5.74) is 2.41. The van der Waals surface area contributed by atoms with Crippen molar-refractivity contribution in [1.82, 2.24) is 9.55 Å². The molecule has 1 N–H and O–H groups in total. The van der Waals surface area contributed by atoms with Crippen molar-refractivity contribution in [3.8, 4) is 0 Å². The quantitative estimate of drug-likeness (QED) is 0.287. The molecule has 3 nitrogen and oxygen atoms in total. The van der Waals surface area contributed by atoms with E-state index in [-0.39, 0.29) is 12.5 Å². The van der Waals surface area contributed by atoms with E-state index in [1.807, 2.05) is 12.1 Å². The summed E-state index contributed by atoms with van der Waals surface area (Å²) in [5.74, 6) is 0.984. The molecule has 1 aromatic heterocycles. The van der Waals surface area contributed by atoms with Crippen molar-refractivity contribution in [3.63, 3.8) is 0 Å². The number of halogens is 2. The van der Waals surface area contributed by atoms with Gasteiger partial charge >= 0.3 is 0 Å². The van der Waals surface area contributed by atoms with Crippen LogP contribution in [0.25, 0.3) is 0 Å². The van der Waals surface area contributed by atoms with Gasteiger partial charge in [-0.05, 0) is 48.9 Å². The van der Waals surface area contributed by atoms with Crippen LogP contribution >= 0.6 is 35.0 Å². The third-order valence-corrected chi connectivity index (χ3v) is 6.73. The molecular weight excluding hydrogens is 447 g/mol. The average molecular weight is 478 g/mol. The highest BCUT2D eigenvalue weighted by Crippen LogP contribution is 2.37. The Morgan fingerprint density at radius 1 is 0.968 bits per heavy atom. The third kappa shape index (κ3) is 7.01. The number of rotatable bonds is 11. The fourth-order valence-electron chi connectivity index (χ4n) is 3.63. The van der Waals surface area contributed by atoms with E-state index in [1.54, 1.807) is 17.8 Å². The lowest BCUT2D eigenvalue weighted by Gasteiger charge is -2.13. The second-order valence-corrected chi connectivity index (χ2v) is 9.98. The van der Waals surface area contributed by atoms with Crippen LogP contribution in [-0.4, -0.2) is 14.7 Å². The molecule has 0 saturated heterocycles. The predicted octanol–water partition coefficient (Wildman–Crippen LogP) is 7.76. The summed E-state index contributed by atoms with van der Waals surface area (Å²) >= 11 is 14.0. The first-order chi connectivity index (χ1) is 15.0. The van der Waals surface area contributed by atoms with Crippen LogP contribution in [0.4, 0.5) is 0 Å². The second-order valence-electron chi connectivity index (χ2n) is 8.04. The second kappa shape index (κ2) is 12.0. The van der Waals surface area contributed by atoms with E-state index in [1.165, 1.54) is 18.4 Å². The largest absolute Gasteiger partial charge is 0.388 e. The van der Waals surface area contributed by atoms with E-state index < -0.39 is 0 Å². The van der Waals surface area contributed by atoms with E-state index in [0.717, 1.165) is 47.2 Å². The van der Waals surface area contributed by atoms with Gasteiger partial charge < -0.3 is 9.67 Å². The maximum absolute atomic E-state index is 9.92. The molecule has 2 aromatic carbocycles. The van der Waals surface area contributed by atoms with Gasteiger partial charge in [0.05, 0.1) is 5.69 Å². The Morgan fingerprint density at radius 2 is 1.65 bits per heavy atom. The van der Waals surface area contributed by atoms with E-state index >= 15 is 0 Å². The summed E-state index contributed by atoms with van der Waals surface area (Å²) in [6.45, 7) is 5.04. The first kappa shape index (κ1) is 24.2. The lowest BCUT2D eigenvalue weighted by Crippen LogP contribution is -2.06.